The average molecular weight is 1160 g/mol. The number of benzene rings is 4. The third-order valence-electron chi connectivity index (χ3n) is 18.0. The van der Waals surface area contributed by atoms with Gasteiger partial charge >= 0.3 is 0 Å². The molecule has 1 spiro atoms. The predicted molar refractivity (Wildman–Crippen MR) is 308 cm³/mol. The number of anilines is 4. The largest absolute Gasteiger partial charge is 0.491 e. The van der Waals surface area contributed by atoms with Crippen molar-refractivity contribution in [2.45, 2.75) is 107 Å². The highest BCUT2D eigenvalue weighted by molar-refractivity contribution is 7.90. The highest BCUT2D eigenvalue weighted by Gasteiger charge is 2.51. The van der Waals surface area contributed by atoms with Gasteiger partial charge in [-0.15, -0.1) is 0 Å². The smallest absolute Gasteiger partial charge is 0.297 e. The van der Waals surface area contributed by atoms with E-state index in [1.165, 1.54) is 18.2 Å². The van der Waals surface area contributed by atoms with Crippen molar-refractivity contribution < 1.29 is 46.2 Å². The Morgan fingerprint density at radius 2 is 1.76 bits per heavy atom. The number of para-hydroxylation sites is 1. The molecule has 4 aromatic carbocycles. The highest BCUT2D eigenvalue weighted by Crippen LogP contribution is 2.54. The quantitative estimate of drug-likeness (QED) is 0.0727. The van der Waals surface area contributed by atoms with Gasteiger partial charge in [0, 0.05) is 105 Å². The number of nitro benzene ring substituents is 1. The van der Waals surface area contributed by atoms with E-state index in [2.05, 4.69) is 52.8 Å². The zero-order valence-electron chi connectivity index (χ0n) is 45.9. The lowest BCUT2D eigenvalue weighted by Gasteiger charge is -2.58. The SMILES string of the molecule is CC(C)Oc1ccccc1[C@@H]1CN(Cc2ccc(F)cc2Cl)CCN1C1CC2(CCN(c3ccc(C(=O)NS(=O)(=O)c4cc5c(c([N+](=O)[O-])c4)N[C@H](C4CCOCC4)CO5)c(N4c5cc6cc[nH]c6nc5O[C@H]5COCC[C@@H]54)c3)CC2)C1. The summed E-state index contributed by atoms with van der Waals surface area (Å²) in [6.45, 7) is 10.7. The van der Waals surface area contributed by atoms with E-state index in [-0.39, 0.29) is 71.6 Å². The number of nitrogens with one attached hydrogen (secondary N) is 3. The minimum atomic E-state index is -4.73. The fourth-order valence-corrected chi connectivity index (χ4v) is 15.0. The van der Waals surface area contributed by atoms with Crippen LogP contribution in [0.25, 0.3) is 11.0 Å². The molecular formula is C60H67ClFN9O10S. The standard InChI is InChI=1S/C60H67ClFN9O10S/c1-36(2)80-53-6-4-3-5-44(53)52-33-67(32-39-7-8-40(62)26-46(39)61)20-21-69(52)42-30-60(31-42)15-18-68(19-16-60)41-9-10-45(49(27-41)70-48-14-24-78-35-55(48)81-59-51(70)25-38-11-17-63-57(38)65-59)58(72)66-82(75,76)43-28-50(71(73)74)56-54(29-43)79-34-47(64-56)37-12-22-77-23-13-37/h3-11,17,25-29,36-37,42,47-48,52,55,64H,12-16,18-24,30-35H2,1-2H3,(H,63,65)(H,66,72)/t47-,48-,52-,55-/m0/s1. The van der Waals surface area contributed by atoms with Crippen LogP contribution in [0.2, 0.25) is 5.02 Å². The first-order valence-electron chi connectivity index (χ1n) is 28.6. The number of halogens is 2. The molecule has 22 heteroatoms. The molecule has 0 bridgehead atoms. The maximum Gasteiger partial charge on any atom is 0.297 e. The maximum absolute atomic E-state index is 14.9. The van der Waals surface area contributed by atoms with Gasteiger partial charge in [-0.25, -0.2) is 17.5 Å². The zero-order chi connectivity index (χ0) is 56.4. The molecule has 4 atom stereocenters. The Morgan fingerprint density at radius 1 is 0.951 bits per heavy atom. The van der Waals surface area contributed by atoms with E-state index in [1.54, 1.807) is 18.3 Å². The van der Waals surface area contributed by atoms with Crippen LogP contribution in [0.5, 0.6) is 17.4 Å². The molecule has 82 heavy (non-hydrogen) atoms. The van der Waals surface area contributed by atoms with E-state index in [1.807, 2.05) is 44.2 Å². The summed E-state index contributed by atoms with van der Waals surface area (Å²) in [7, 11) is -4.73. The van der Waals surface area contributed by atoms with Crippen LogP contribution in [0.4, 0.5) is 32.8 Å². The number of sulfonamides is 1. The Balaban J connectivity index is 0.774. The number of H-pyrrole nitrogens is 1. The predicted octanol–water partition coefficient (Wildman–Crippen LogP) is 9.77. The number of carbonyl (C=O) groups excluding carboxylic acids is 1. The molecule has 432 valence electrons. The van der Waals surface area contributed by atoms with Crippen LogP contribution < -0.4 is 34.0 Å². The van der Waals surface area contributed by atoms with Gasteiger partial charge in [0.05, 0.1) is 51.9 Å². The van der Waals surface area contributed by atoms with Crippen LogP contribution in [-0.2, 0) is 26.0 Å². The molecule has 4 saturated heterocycles. The van der Waals surface area contributed by atoms with Crippen molar-refractivity contribution in [1.82, 2.24) is 24.5 Å². The number of aromatic amines is 1. The topological polar surface area (TPSA) is 206 Å². The Bertz CT molecular complexity index is 3530. The number of aromatic nitrogens is 2. The highest BCUT2D eigenvalue weighted by atomic mass is 35.5. The Morgan fingerprint density at radius 3 is 2.55 bits per heavy atom. The van der Waals surface area contributed by atoms with Crippen molar-refractivity contribution in [3.05, 3.63) is 129 Å². The lowest BCUT2D eigenvalue weighted by Crippen LogP contribution is -2.59. The molecule has 6 aliphatic heterocycles. The van der Waals surface area contributed by atoms with Gasteiger partial charge in [0.25, 0.3) is 21.6 Å². The molecule has 13 rings (SSSR count). The van der Waals surface area contributed by atoms with Gasteiger partial charge < -0.3 is 43.8 Å². The van der Waals surface area contributed by atoms with E-state index in [0.717, 1.165) is 105 Å². The second kappa shape index (κ2) is 22.1. The molecule has 0 radical (unpaired) electrons. The minimum Gasteiger partial charge on any atom is -0.491 e. The van der Waals surface area contributed by atoms with Crippen molar-refractivity contribution in [1.29, 1.82) is 0 Å². The van der Waals surface area contributed by atoms with E-state index < -0.39 is 37.5 Å². The van der Waals surface area contributed by atoms with Crippen molar-refractivity contribution in [2.24, 2.45) is 11.3 Å². The minimum absolute atomic E-state index is 0.00432. The molecule has 1 aliphatic carbocycles. The summed E-state index contributed by atoms with van der Waals surface area (Å²) in [5, 5.41) is 17.1. The number of hydrogen-bond acceptors (Lipinski definition) is 16. The Labute approximate surface area is 480 Å². The lowest BCUT2D eigenvalue weighted by atomic mass is 9.59. The number of fused-ring (bicyclic) bond motifs is 4. The Hall–Kier alpha value is -6.75. The van der Waals surface area contributed by atoms with Gasteiger partial charge in [-0.2, -0.15) is 4.98 Å². The van der Waals surface area contributed by atoms with Crippen LogP contribution in [0.15, 0.2) is 96.0 Å². The molecule has 1 amide bonds. The van der Waals surface area contributed by atoms with Gasteiger partial charge in [-0.1, -0.05) is 35.9 Å². The molecule has 1 saturated carbocycles. The Kier molecular flexibility index (Phi) is 14.7. The molecule has 6 aromatic rings. The number of nitrogens with zero attached hydrogens (tertiary/aromatic N) is 6. The number of carbonyl (C=O) groups is 1. The molecule has 8 heterocycles. The van der Waals surface area contributed by atoms with E-state index >= 15 is 0 Å². The number of hydrogen-bond donors (Lipinski definition) is 3. The van der Waals surface area contributed by atoms with Crippen LogP contribution in [-0.4, -0.2) is 135 Å². The molecule has 0 unspecified atom stereocenters. The second-order valence-electron chi connectivity index (χ2n) is 23.4. The van der Waals surface area contributed by atoms with E-state index in [9.17, 15) is 27.7 Å². The van der Waals surface area contributed by atoms with Gasteiger partial charge in [-0.05, 0) is 124 Å². The van der Waals surface area contributed by atoms with Gasteiger partial charge in [0.2, 0.25) is 5.88 Å². The number of piperazine rings is 1. The number of piperidine rings is 1. The van der Waals surface area contributed by atoms with Crippen molar-refractivity contribution in [3.63, 3.8) is 0 Å². The fraction of sp³-hybridized carbons (Fsp3) is 0.467. The van der Waals surface area contributed by atoms with Gasteiger partial charge in [0.1, 0.15) is 35.6 Å². The summed E-state index contributed by atoms with van der Waals surface area (Å²) < 4.78 is 75.8. The first-order chi connectivity index (χ1) is 39.7. The first-order valence-corrected chi connectivity index (χ1v) is 30.5. The first kappa shape index (κ1) is 54.5. The molecule has 3 N–H and O–H groups in total. The summed E-state index contributed by atoms with van der Waals surface area (Å²) in [5.41, 5.74) is 4.48. The molecule has 7 aliphatic rings. The van der Waals surface area contributed by atoms with Gasteiger partial charge in [0.15, 0.2) is 11.4 Å². The number of amides is 1. The number of pyridine rings is 1. The summed E-state index contributed by atoms with van der Waals surface area (Å²) in [6, 6.07) is 24.5. The van der Waals surface area contributed by atoms with Crippen LogP contribution in [0, 0.1) is 27.3 Å². The summed E-state index contributed by atoms with van der Waals surface area (Å²) in [4.78, 5) is 44.0. The number of nitro groups is 1. The fourth-order valence-electron chi connectivity index (χ4n) is 13.7. The summed E-state index contributed by atoms with van der Waals surface area (Å²) in [5.74, 6) is 0.135. The zero-order valence-corrected chi connectivity index (χ0v) is 47.4. The summed E-state index contributed by atoms with van der Waals surface area (Å²) >= 11 is 6.56. The van der Waals surface area contributed by atoms with Crippen molar-refractivity contribution in [3.8, 4) is 17.4 Å². The normalized spacial score (nSPS) is 23.2. The third kappa shape index (κ3) is 10.6. The molecule has 2 aromatic heterocycles. The lowest BCUT2D eigenvalue weighted by molar-refractivity contribution is -0.384. The number of ether oxygens (including phenoxy) is 5. The third-order valence-corrected chi connectivity index (χ3v) is 19.7. The number of rotatable bonds is 13. The molecule has 5 fully saturated rings. The summed E-state index contributed by atoms with van der Waals surface area (Å²) in [6.07, 6.45) is 7.42. The van der Waals surface area contributed by atoms with Gasteiger partial charge in [-0.3, -0.25) is 24.7 Å². The molecular weight excluding hydrogens is 1090 g/mol. The second-order valence-corrected chi connectivity index (χ2v) is 25.5. The van der Waals surface area contributed by atoms with Crippen molar-refractivity contribution in [2.75, 3.05) is 80.9 Å². The van der Waals surface area contributed by atoms with Crippen molar-refractivity contribution >= 4 is 67.0 Å². The van der Waals surface area contributed by atoms with Crippen LogP contribution >= 0.6 is 11.6 Å². The van der Waals surface area contributed by atoms with Crippen LogP contribution in [0.1, 0.15) is 86.3 Å². The maximum atomic E-state index is 14.9. The van der Waals surface area contributed by atoms with Crippen LogP contribution in [0.3, 0.4) is 0 Å². The van der Waals surface area contributed by atoms with E-state index in [4.69, 9.17) is 40.3 Å². The molecule has 19 nitrogen and oxygen atoms in total. The van der Waals surface area contributed by atoms with E-state index in [0.29, 0.717) is 66.8 Å². The average Bonchev–Trinajstić information content (AvgIpc) is 3.90. The monoisotopic (exact) mass is 1160 g/mol.